The lowest BCUT2D eigenvalue weighted by molar-refractivity contribution is -0.125. The number of fused-ring (bicyclic) bond motifs is 1. The Morgan fingerprint density at radius 3 is 2.32 bits per heavy atom. The molecule has 2 N–H and O–H groups in total. The maximum absolute atomic E-state index is 12.8. The van der Waals surface area contributed by atoms with Crippen LogP contribution in [0.25, 0.3) is 10.9 Å². The van der Waals surface area contributed by atoms with Crippen LogP contribution in [0.2, 0.25) is 0 Å². The van der Waals surface area contributed by atoms with Gasteiger partial charge in [-0.25, -0.2) is 0 Å². The Labute approximate surface area is 168 Å². The minimum absolute atomic E-state index is 0.183. The monoisotopic (exact) mass is 386 g/mol. The van der Waals surface area contributed by atoms with Crippen molar-refractivity contribution in [2.45, 2.75) is 60.5 Å². The minimum atomic E-state index is -0.629. The van der Waals surface area contributed by atoms with E-state index in [0.717, 1.165) is 17.3 Å². The quantitative estimate of drug-likeness (QED) is 0.739. The zero-order chi connectivity index (χ0) is 21.3. The first-order valence-corrected chi connectivity index (χ1v) is 9.86. The number of aryl methyl sites for hydroxylation is 1. The molecular formula is C22H34N4O2. The van der Waals surface area contributed by atoms with E-state index < -0.39 is 11.5 Å². The summed E-state index contributed by atoms with van der Waals surface area (Å²) >= 11 is 0. The van der Waals surface area contributed by atoms with Crippen molar-refractivity contribution < 1.29 is 9.59 Å². The summed E-state index contributed by atoms with van der Waals surface area (Å²) in [6.45, 7) is 16.4. The molecule has 0 spiro atoms. The van der Waals surface area contributed by atoms with Gasteiger partial charge in [0.15, 0.2) is 5.69 Å². The van der Waals surface area contributed by atoms with Gasteiger partial charge >= 0.3 is 0 Å². The van der Waals surface area contributed by atoms with E-state index in [0.29, 0.717) is 18.8 Å². The number of benzene rings is 1. The van der Waals surface area contributed by atoms with Crippen molar-refractivity contribution >= 4 is 22.7 Å². The van der Waals surface area contributed by atoms with Gasteiger partial charge in [0.2, 0.25) is 5.91 Å². The number of para-hydroxylation sites is 1. The summed E-state index contributed by atoms with van der Waals surface area (Å²) in [7, 11) is 0. The number of rotatable bonds is 6. The molecule has 2 aromatic rings. The Morgan fingerprint density at radius 1 is 1.21 bits per heavy atom. The molecule has 0 aliphatic rings. The largest absolute Gasteiger partial charge is 0.355 e. The van der Waals surface area contributed by atoms with Gasteiger partial charge in [-0.3, -0.25) is 14.3 Å². The molecule has 1 unspecified atom stereocenters. The molecular weight excluding hydrogens is 352 g/mol. The van der Waals surface area contributed by atoms with E-state index in [2.05, 4.69) is 29.2 Å². The van der Waals surface area contributed by atoms with Gasteiger partial charge < -0.3 is 10.6 Å². The van der Waals surface area contributed by atoms with Gasteiger partial charge in [0, 0.05) is 18.5 Å². The maximum atomic E-state index is 12.8. The average molecular weight is 387 g/mol. The molecule has 0 aliphatic heterocycles. The molecule has 0 fully saturated rings. The Hall–Kier alpha value is -2.63. The molecule has 6 heteroatoms. The van der Waals surface area contributed by atoms with Gasteiger partial charge in [0.25, 0.3) is 5.91 Å². The number of allylic oxidation sites excluding steroid dienone is 1. The molecule has 2 rings (SSSR count). The normalized spacial score (nSPS) is 11.9. The number of hydrogen-bond acceptors (Lipinski definition) is 3. The highest BCUT2D eigenvalue weighted by Crippen LogP contribution is 2.22. The summed E-state index contributed by atoms with van der Waals surface area (Å²) in [4.78, 5) is 25.1. The van der Waals surface area contributed by atoms with Crippen LogP contribution in [0, 0.1) is 5.41 Å². The van der Waals surface area contributed by atoms with E-state index in [4.69, 9.17) is 0 Å². The second-order valence-corrected chi connectivity index (χ2v) is 7.55. The standard InChI is InChI=1S/C18H26N4O2.C4H8/c1-6-19-17(24)15(18(3,4)5)20-16(23)14-12-10-8-9-11-13(12)22(7-2)21-14;1-3-4-2/h8-11,15H,6-7H2,1-5H3,(H,19,24)(H,20,23);3H,1,4H2,2H3. The molecule has 0 bridgehead atoms. The third kappa shape index (κ3) is 5.94. The van der Waals surface area contributed by atoms with E-state index in [1.54, 1.807) is 4.68 Å². The molecule has 1 aromatic heterocycles. The van der Waals surface area contributed by atoms with Crippen LogP contribution in [0.1, 0.15) is 58.5 Å². The van der Waals surface area contributed by atoms with Crippen LogP contribution in [0.15, 0.2) is 36.9 Å². The third-order valence-electron chi connectivity index (χ3n) is 4.22. The number of nitrogens with one attached hydrogen (secondary N) is 2. The summed E-state index contributed by atoms with van der Waals surface area (Å²) in [5, 5.41) is 10.9. The predicted molar refractivity (Wildman–Crippen MR) is 115 cm³/mol. The van der Waals surface area contributed by atoms with E-state index in [9.17, 15) is 9.59 Å². The van der Waals surface area contributed by atoms with Crippen molar-refractivity contribution in [1.29, 1.82) is 0 Å². The number of carbonyl (C=O) groups excluding carboxylic acids is 2. The lowest BCUT2D eigenvalue weighted by atomic mass is 9.86. The molecule has 154 valence electrons. The van der Waals surface area contributed by atoms with Crippen molar-refractivity contribution in [3.8, 4) is 0 Å². The van der Waals surface area contributed by atoms with E-state index >= 15 is 0 Å². The van der Waals surface area contributed by atoms with E-state index in [-0.39, 0.29) is 11.8 Å². The first-order valence-electron chi connectivity index (χ1n) is 9.86. The molecule has 1 aromatic carbocycles. The zero-order valence-electron chi connectivity index (χ0n) is 18.0. The van der Waals surface area contributed by atoms with Gasteiger partial charge in [-0.15, -0.1) is 6.58 Å². The first-order chi connectivity index (χ1) is 13.2. The van der Waals surface area contributed by atoms with Gasteiger partial charge in [-0.05, 0) is 31.7 Å². The number of hydrogen-bond donors (Lipinski definition) is 2. The Bertz CT molecular complexity index is 802. The summed E-state index contributed by atoms with van der Waals surface area (Å²) in [6.07, 6.45) is 2.96. The summed E-state index contributed by atoms with van der Waals surface area (Å²) in [6, 6.07) is 6.99. The Balaban J connectivity index is 0.000000892. The van der Waals surface area contributed by atoms with Crippen molar-refractivity contribution in [1.82, 2.24) is 20.4 Å². The molecule has 28 heavy (non-hydrogen) atoms. The molecule has 0 radical (unpaired) electrons. The van der Waals surface area contributed by atoms with Gasteiger partial charge in [-0.2, -0.15) is 5.10 Å². The van der Waals surface area contributed by atoms with Crippen molar-refractivity contribution in [3.05, 3.63) is 42.6 Å². The van der Waals surface area contributed by atoms with Crippen LogP contribution in [0.3, 0.4) is 0 Å². The van der Waals surface area contributed by atoms with Crippen LogP contribution in [-0.2, 0) is 11.3 Å². The molecule has 6 nitrogen and oxygen atoms in total. The summed E-state index contributed by atoms with van der Waals surface area (Å²) in [5.74, 6) is -0.512. The molecule has 1 atom stereocenters. The number of nitrogens with zero attached hydrogens (tertiary/aromatic N) is 2. The highest BCUT2D eigenvalue weighted by Gasteiger charge is 2.33. The SMILES string of the molecule is C=CCC.CCNC(=O)C(NC(=O)c1nn(CC)c2ccccc12)C(C)(C)C. The van der Waals surface area contributed by atoms with E-state index in [1.165, 1.54) is 0 Å². The summed E-state index contributed by atoms with van der Waals surface area (Å²) in [5.41, 5.74) is 0.861. The summed E-state index contributed by atoms with van der Waals surface area (Å²) < 4.78 is 1.79. The van der Waals surface area contributed by atoms with Crippen molar-refractivity contribution in [2.75, 3.05) is 6.54 Å². The molecule has 1 heterocycles. The van der Waals surface area contributed by atoms with Gasteiger partial charge in [-0.1, -0.05) is 52.0 Å². The number of likely N-dealkylation sites (N-methyl/N-ethyl adjacent to an activating group) is 1. The fraction of sp³-hybridized carbons (Fsp3) is 0.500. The van der Waals surface area contributed by atoms with Crippen molar-refractivity contribution in [3.63, 3.8) is 0 Å². The van der Waals surface area contributed by atoms with Crippen LogP contribution in [-0.4, -0.2) is 34.2 Å². The molecule has 2 amide bonds. The number of amides is 2. The molecule has 0 saturated heterocycles. The fourth-order valence-electron chi connectivity index (χ4n) is 2.69. The zero-order valence-corrected chi connectivity index (χ0v) is 18.0. The van der Waals surface area contributed by atoms with Crippen molar-refractivity contribution in [2.24, 2.45) is 5.41 Å². The first kappa shape index (κ1) is 23.4. The number of carbonyl (C=O) groups is 2. The Morgan fingerprint density at radius 2 is 1.82 bits per heavy atom. The maximum Gasteiger partial charge on any atom is 0.273 e. The highest BCUT2D eigenvalue weighted by atomic mass is 16.2. The average Bonchev–Trinajstić information content (AvgIpc) is 3.04. The lowest BCUT2D eigenvalue weighted by Crippen LogP contribution is -2.53. The second kappa shape index (κ2) is 10.6. The highest BCUT2D eigenvalue weighted by molar-refractivity contribution is 6.06. The van der Waals surface area contributed by atoms with Crippen LogP contribution in [0.4, 0.5) is 0 Å². The number of aromatic nitrogens is 2. The molecule has 0 aliphatic carbocycles. The third-order valence-corrected chi connectivity index (χ3v) is 4.22. The predicted octanol–water partition coefficient (Wildman–Crippen LogP) is 3.92. The van der Waals surface area contributed by atoms with Gasteiger partial charge in [0.1, 0.15) is 6.04 Å². The van der Waals surface area contributed by atoms with Crippen LogP contribution < -0.4 is 10.6 Å². The van der Waals surface area contributed by atoms with Gasteiger partial charge in [0.05, 0.1) is 5.52 Å². The topological polar surface area (TPSA) is 76.0 Å². The fourth-order valence-corrected chi connectivity index (χ4v) is 2.69. The van der Waals surface area contributed by atoms with Crippen LogP contribution in [0.5, 0.6) is 0 Å². The lowest BCUT2D eigenvalue weighted by Gasteiger charge is -2.30. The Kier molecular flexibility index (Phi) is 8.89. The van der Waals surface area contributed by atoms with E-state index in [1.807, 2.05) is 65.0 Å². The smallest absolute Gasteiger partial charge is 0.273 e. The van der Waals surface area contributed by atoms with Crippen LogP contribution >= 0.6 is 0 Å². The minimum Gasteiger partial charge on any atom is -0.355 e. The second-order valence-electron chi connectivity index (χ2n) is 7.55. The molecule has 0 saturated carbocycles.